The molecule has 0 saturated carbocycles. The van der Waals surface area contributed by atoms with E-state index in [1.54, 1.807) is 12.1 Å². The summed E-state index contributed by atoms with van der Waals surface area (Å²) in [5.74, 6) is -0.0864. The first kappa shape index (κ1) is 13.1. The molecule has 1 fully saturated rings. The van der Waals surface area contributed by atoms with Crippen LogP contribution in [0.4, 0.5) is 4.39 Å². The minimum Gasteiger partial charge on any atom is -0.316 e. The Hall–Kier alpha value is -0.930. The van der Waals surface area contributed by atoms with E-state index in [0.717, 1.165) is 44.7 Å². The standard InChI is InChI=1S/C16H23FN2/c1-12-7-14(17)8-13-3-6-19(9-15(12)13)11-16(2)4-5-18-10-16/h7-8,18H,3-6,9-11H2,1-2H3. The molecule has 19 heavy (non-hydrogen) atoms. The molecule has 0 aliphatic carbocycles. The summed E-state index contributed by atoms with van der Waals surface area (Å²) in [5.41, 5.74) is 4.07. The maximum Gasteiger partial charge on any atom is 0.123 e. The van der Waals surface area contributed by atoms with Gasteiger partial charge in [-0.3, -0.25) is 4.90 Å². The van der Waals surface area contributed by atoms with Crippen LogP contribution in [0, 0.1) is 18.2 Å². The van der Waals surface area contributed by atoms with Gasteiger partial charge in [-0.1, -0.05) is 6.92 Å². The molecule has 0 spiro atoms. The van der Waals surface area contributed by atoms with Crippen LogP contribution in [0.3, 0.4) is 0 Å². The molecule has 0 aromatic heterocycles. The summed E-state index contributed by atoms with van der Waals surface area (Å²) >= 11 is 0. The van der Waals surface area contributed by atoms with Gasteiger partial charge < -0.3 is 5.32 Å². The van der Waals surface area contributed by atoms with E-state index in [4.69, 9.17) is 0 Å². The third-order valence-corrected chi connectivity index (χ3v) is 4.67. The average Bonchev–Trinajstić information content (AvgIpc) is 2.76. The van der Waals surface area contributed by atoms with Crippen LogP contribution in [0.15, 0.2) is 12.1 Å². The number of aryl methyl sites for hydroxylation is 1. The molecular formula is C16H23FN2. The van der Waals surface area contributed by atoms with Crippen molar-refractivity contribution in [2.75, 3.05) is 26.2 Å². The van der Waals surface area contributed by atoms with Crippen molar-refractivity contribution in [2.24, 2.45) is 5.41 Å². The highest BCUT2D eigenvalue weighted by Gasteiger charge is 2.32. The number of rotatable bonds is 2. The Kier molecular flexibility index (Phi) is 3.35. The highest BCUT2D eigenvalue weighted by molar-refractivity contribution is 5.36. The first-order valence-corrected chi connectivity index (χ1v) is 7.27. The van der Waals surface area contributed by atoms with Gasteiger partial charge in [-0.15, -0.1) is 0 Å². The molecule has 1 saturated heterocycles. The second-order valence-electron chi connectivity index (χ2n) is 6.56. The van der Waals surface area contributed by atoms with Gasteiger partial charge in [0.15, 0.2) is 0 Å². The predicted octanol–water partition coefficient (Wildman–Crippen LogP) is 2.49. The molecule has 1 aromatic rings. The topological polar surface area (TPSA) is 15.3 Å². The second-order valence-corrected chi connectivity index (χ2v) is 6.56. The lowest BCUT2D eigenvalue weighted by Gasteiger charge is -2.35. The molecule has 3 rings (SSSR count). The molecule has 1 atom stereocenters. The zero-order valence-electron chi connectivity index (χ0n) is 11.9. The van der Waals surface area contributed by atoms with Gasteiger partial charge in [0.2, 0.25) is 0 Å². The first-order chi connectivity index (χ1) is 9.06. The summed E-state index contributed by atoms with van der Waals surface area (Å²) in [6.45, 7) is 9.87. The molecule has 0 bridgehead atoms. The summed E-state index contributed by atoms with van der Waals surface area (Å²) in [6, 6.07) is 3.39. The van der Waals surface area contributed by atoms with Crippen molar-refractivity contribution >= 4 is 0 Å². The number of hydrogen-bond donors (Lipinski definition) is 1. The normalized spacial score (nSPS) is 27.5. The van der Waals surface area contributed by atoms with Crippen LogP contribution in [0.2, 0.25) is 0 Å². The van der Waals surface area contributed by atoms with Crippen LogP contribution in [0.5, 0.6) is 0 Å². The summed E-state index contributed by atoms with van der Waals surface area (Å²) in [5, 5.41) is 3.46. The lowest BCUT2D eigenvalue weighted by molar-refractivity contribution is 0.164. The lowest BCUT2D eigenvalue weighted by atomic mass is 9.87. The van der Waals surface area contributed by atoms with Crippen LogP contribution in [0.1, 0.15) is 30.0 Å². The Morgan fingerprint density at radius 3 is 3.00 bits per heavy atom. The minimum absolute atomic E-state index is 0.0864. The molecule has 0 amide bonds. The van der Waals surface area contributed by atoms with Crippen molar-refractivity contribution in [3.8, 4) is 0 Å². The highest BCUT2D eigenvalue weighted by atomic mass is 19.1. The molecule has 2 aliphatic heterocycles. The maximum absolute atomic E-state index is 13.4. The summed E-state index contributed by atoms with van der Waals surface area (Å²) < 4.78 is 13.4. The van der Waals surface area contributed by atoms with E-state index in [2.05, 4.69) is 17.1 Å². The van der Waals surface area contributed by atoms with E-state index in [1.807, 2.05) is 6.92 Å². The van der Waals surface area contributed by atoms with E-state index in [-0.39, 0.29) is 5.82 Å². The molecule has 2 heterocycles. The number of halogens is 1. The van der Waals surface area contributed by atoms with Gasteiger partial charge in [0.05, 0.1) is 0 Å². The highest BCUT2D eigenvalue weighted by Crippen LogP contribution is 2.29. The van der Waals surface area contributed by atoms with Crippen LogP contribution in [-0.2, 0) is 13.0 Å². The quantitative estimate of drug-likeness (QED) is 0.881. The Bertz CT molecular complexity index is 478. The number of nitrogens with one attached hydrogen (secondary N) is 1. The second kappa shape index (κ2) is 4.88. The minimum atomic E-state index is -0.0864. The monoisotopic (exact) mass is 262 g/mol. The first-order valence-electron chi connectivity index (χ1n) is 7.27. The van der Waals surface area contributed by atoms with Gasteiger partial charge in [-0.25, -0.2) is 4.39 Å². The Labute approximate surface area is 115 Å². The Morgan fingerprint density at radius 1 is 1.42 bits per heavy atom. The van der Waals surface area contributed by atoms with Gasteiger partial charge >= 0.3 is 0 Å². The van der Waals surface area contributed by atoms with E-state index in [1.165, 1.54) is 17.5 Å². The Balaban J connectivity index is 1.75. The van der Waals surface area contributed by atoms with Gasteiger partial charge in [0.25, 0.3) is 0 Å². The third kappa shape index (κ3) is 2.67. The predicted molar refractivity (Wildman–Crippen MR) is 75.7 cm³/mol. The molecule has 2 aliphatic rings. The van der Waals surface area contributed by atoms with E-state index >= 15 is 0 Å². The Morgan fingerprint density at radius 2 is 2.26 bits per heavy atom. The van der Waals surface area contributed by atoms with Gasteiger partial charge in [-0.05, 0) is 60.5 Å². The molecule has 2 nitrogen and oxygen atoms in total. The van der Waals surface area contributed by atoms with Crippen LogP contribution in [-0.4, -0.2) is 31.1 Å². The molecule has 0 radical (unpaired) electrons. The summed E-state index contributed by atoms with van der Waals surface area (Å²) in [7, 11) is 0. The van der Waals surface area contributed by atoms with Crippen LogP contribution < -0.4 is 5.32 Å². The van der Waals surface area contributed by atoms with Crippen molar-refractivity contribution in [3.63, 3.8) is 0 Å². The summed E-state index contributed by atoms with van der Waals surface area (Å²) in [6.07, 6.45) is 2.25. The maximum atomic E-state index is 13.4. The van der Waals surface area contributed by atoms with Gasteiger partial charge in [-0.2, -0.15) is 0 Å². The van der Waals surface area contributed by atoms with Gasteiger partial charge in [0, 0.05) is 26.2 Å². The summed E-state index contributed by atoms with van der Waals surface area (Å²) in [4.78, 5) is 2.54. The SMILES string of the molecule is Cc1cc(F)cc2c1CN(CC1(C)CCNC1)CC2. The molecular weight excluding hydrogens is 239 g/mol. The number of hydrogen-bond acceptors (Lipinski definition) is 2. The average molecular weight is 262 g/mol. The van der Waals surface area contributed by atoms with Crippen molar-refractivity contribution < 1.29 is 4.39 Å². The van der Waals surface area contributed by atoms with E-state index in [0.29, 0.717) is 5.41 Å². The fourth-order valence-corrected chi connectivity index (χ4v) is 3.55. The fourth-order valence-electron chi connectivity index (χ4n) is 3.55. The molecule has 104 valence electrons. The largest absolute Gasteiger partial charge is 0.316 e. The molecule has 1 unspecified atom stereocenters. The van der Waals surface area contributed by atoms with Crippen molar-refractivity contribution in [2.45, 2.75) is 33.2 Å². The van der Waals surface area contributed by atoms with Crippen molar-refractivity contribution in [1.29, 1.82) is 0 Å². The van der Waals surface area contributed by atoms with E-state index in [9.17, 15) is 4.39 Å². The fraction of sp³-hybridized carbons (Fsp3) is 0.625. The van der Waals surface area contributed by atoms with E-state index < -0.39 is 0 Å². The number of benzene rings is 1. The molecule has 1 aromatic carbocycles. The third-order valence-electron chi connectivity index (χ3n) is 4.67. The zero-order chi connectivity index (χ0) is 13.5. The molecule has 1 N–H and O–H groups in total. The van der Waals surface area contributed by atoms with Crippen LogP contribution >= 0.6 is 0 Å². The lowest BCUT2D eigenvalue weighted by Crippen LogP contribution is -2.40. The van der Waals surface area contributed by atoms with Crippen molar-refractivity contribution in [3.05, 3.63) is 34.6 Å². The van der Waals surface area contributed by atoms with Gasteiger partial charge in [0.1, 0.15) is 5.82 Å². The molecule has 3 heteroatoms. The number of nitrogens with zero attached hydrogens (tertiary/aromatic N) is 1. The van der Waals surface area contributed by atoms with Crippen LogP contribution in [0.25, 0.3) is 0 Å². The number of fused-ring (bicyclic) bond motifs is 1. The zero-order valence-corrected chi connectivity index (χ0v) is 11.9. The van der Waals surface area contributed by atoms with Crippen molar-refractivity contribution in [1.82, 2.24) is 10.2 Å². The smallest absolute Gasteiger partial charge is 0.123 e.